The second kappa shape index (κ2) is 6.26. The highest BCUT2D eigenvalue weighted by Gasteiger charge is 2.19. The Balaban J connectivity index is 1.72. The Labute approximate surface area is 115 Å². The molecular formula is C15H23N3O. The van der Waals surface area contributed by atoms with Crippen LogP contribution in [0, 0.1) is 0 Å². The molecule has 1 aromatic rings. The molecule has 2 fully saturated rings. The first-order valence-corrected chi connectivity index (χ1v) is 7.35. The van der Waals surface area contributed by atoms with Crippen LogP contribution in [0.25, 0.3) is 0 Å². The molecule has 2 heterocycles. The van der Waals surface area contributed by atoms with Crippen molar-refractivity contribution in [3.05, 3.63) is 24.3 Å². The minimum Gasteiger partial charge on any atom is -0.487 e. The first-order chi connectivity index (χ1) is 9.43. The average Bonchev–Trinajstić information content (AvgIpc) is 2.50. The number of piperidine rings is 1. The van der Waals surface area contributed by atoms with E-state index in [9.17, 15) is 0 Å². The van der Waals surface area contributed by atoms with Crippen molar-refractivity contribution in [1.29, 1.82) is 0 Å². The van der Waals surface area contributed by atoms with Crippen molar-refractivity contribution in [1.82, 2.24) is 10.6 Å². The van der Waals surface area contributed by atoms with E-state index in [1.54, 1.807) is 0 Å². The summed E-state index contributed by atoms with van der Waals surface area (Å²) in [6, 6.07) is 8.45. The van der Waals surface area contributed by atoms with Crippen LogP contribution in [0.15, 0.2) is 24.3 Å². The van der Waals surface area contributed by atoms with Gasteiger partial charge in [0.2, 0.25) is 0 Å². The number of anilines is 1. The van der Waals surface area contributed by atoms with E-state index in [1.807, 2.05) is 0 Å². The number of ether oxygens (including phenoxy) is 1. The number of para-hydroxylation sites is 2. The van der Waals surface area contributed by atoms with E-state index in [4.69, 9.17) is 4.74 Å². The fourth-order valence-electron chi connectivity index (χ4n) is 2.82. The van der Waals surface area contributed by atoms with Crippen molar-refractivity contribution in [3.8, 4) is 5.75 Å². The quantitative estimate of drug-likeness (QED) is 0.858. The molecule has 0 spiro atoms. The molecular weight excluding hydrogens is 238 g/mol. The van der Waals surface area contributed by atoms with Crippen molar-refractivity contribution < 1.29 is 4.74 Å². The zero-order valence-electron chi connectivity index (χ0n) is 11.4. The van der Waals surface area contributed by atoms with E-state index in [2.05, 4.69) is 39.8 Å². The predicted octanol–water partition coefficient (Wildman–Crippen LogP) is 1.23. The molecule has 19 heavy (non-hydrogen) atoms. The first kappa shape index (κ1) is 12.8. The van der Waals surface area contributed by atoms with Gasteiger partial charge in [-0.15, -0.1) is 0 Å². The summed E-state index contributed by atoms with van der Waals surface area (Å²) >= 11 is 0. The number of hydrogen-bond donors (Lipinski definition) is 2. The van der Waals surface area contributed by atoms with Crippen molar-refractivity contribution in [2.24, 2.45) is 0 Å². The zero-order valence-corrected chi connectivity index (χ0v) is 11.4. The number of nitrogens with zero attached hydrogens (tertiary/aromatic N) is 1. The van der Waals surface area contributed by atoms with Gasteiger partial charge in [-0.05, 0) is 31.5 Å². The highest BCUT2D eigenvalue weighted by atomic mass is 16.5. The number of piperazine rings is 1. The number of nitrogens with one attached hydrogen (secondary N) is 2. The highest BCUT2D eigenvalue weighted by molar-refractivity contribution is 5.58. The monoisotopic (exact) mass is 261 g/mol. The third-order valence-electron chi connectivity index (χ3n) is 3.87. The topological polar surface area (TPSA) is 36.5 Å². The van der Waals surface area contributed by atoms with Crippen molar-refractivity contribution in [2.45, 2.75) is 18.9 Å². The van der Waals surface area contributed by atoms with Crippen LogP contribution in [0.5, 0.6) is 5.75 Å². The summed E-state index contributed by atoms with van der Waals surface area (Å²) in [5.74, 6) is 1.04. The molecule has 4 heteroatoms. The molecule has 0 saturated carbocycles. The Hall–Kier alpha value is -1.26. The van der Waals surface area contributed by atoms with Crippen LogP contribution in [-0.4, -0.2) is 45.4 Å². The molecule has 0 amide bonds. The van der Waals surface area contributed by atoms with Gasteiger partial charge in [0.15, 0.2) is 0 Å². The second-order valence-electron chi connectivity index (χ2n) is 5.29. The first-order valence-electron chi connectivity index (χ1n) is 7.35. The molecule has 2 saturated heterocycles. The van der Waals surface area contributed by atoms with E-state index < -0.39 is 0 Å². The van der Waals surface area contributed by atoms with E-state index in [0.29, 0.717) is 6.10 Å². The molecule has 3 rings (SSSR count). The normalized spacial score (nSPS) is 24.2. The van der Waals surface area contributed by atoms with Crippen molar-refractivity contribution >= 4 is 5.69 Å². The van der Waals surface area contributed by atoms with Gasteiger partial charge in [-0.2, -0.15) is 0 Å². The Kier molecular flexibility index (Phi) is 4.20. The maximum Gasteiger partial charge on any atom is 0.143 e. The lowest BCUT2D eigenvalue weighted by Crippen LogP contribution is -2.44. The van der Waals surface area contributed by atoms with Gasteiger partial charge in [0.05, 0.1) is 5.69 Å². The summed E-state index contributed by atoms with van der Waals surface area (Å²) in [6.45, 7) is 6.32. The fraction of sp³-hybridized carbons (Fsp3) is 0.600. The van der Waals surface area contributed by atoms with Crippen LogP contribution in [-0.2, 0) is 0 Å². The Bertz CT molecular complexity index is 398. The molecule has 2 aliphatic heterocycles. The van der Waals surface area contributed by atoms with Crippen LogP contribution in [0.1, 0.15) is 12.8 Å². The van der Waals surface area contributed by atoms with E-state index in [1.165, 1.54) is 12.1 Å². The molecule has 104 valence electrons. The molecule has 0 aromatic heterocycles. The Morgan fingerprint density at radius 1 is 1.05 bits per heavy atom. The Morgan fingerprint density at radius 2 is 1.89 bits per heavy atom. The smallest absolute Gasteiger partial charge is 0.143 e. The molecule has 0 unspecified atom stereocenters. The van der Waals surface area contributed by atoms with Gasteiger partial charge in [0.1, 0.15) is 11.9 Å². The maximum absolute atomic E-state index is 6.22. The van der Waals surface area contributed by atoms with Gasteiger partial charge in [-0.1, -0.05) is 12.1 Å². The SMILES string of the molecule is c1ccc(N2CCNCC2)c(O[C@@H]2CCCNC2)c1. The van der Waals surface area contributed by atoms with Crippen LogP contribution in [0.2, 0.25) is 0 Å². The summed E-state index contributed by atoms with van der Waals surface area (Å²) in [7, 11) is 0. The fourth-order valence-corrected chi connectivity index (χ4v) is 2.82. The lowest BCUT2D eigenvalue weighted by atomic mass is 10.1. The molecule has 1 atom stereocenters. The number of hydrogen-bond acceptors (Lipinski definition) is 4. The van der Waals surface area contributed by atoms with Crippen LogP contribution < -0.4 is 20.3 Å². The van der Waals surface area contributed by atoms with Gasteiger partial charge in [-0.25, -0.2) is 0 Å². The summed E-state index contributed by atoms with van der Waals surface area (Å²) in [5, 5.41) is 6.80. The van der Waals surface area contributed by atoms with Gasteiger partial charge < -0.3 is 20.3 Å². The molecule has 2 N–H and O–H groups in total. The third kappa shape index (κ3) is 3.19. The zero-order chi connectivity index (χ0) is 12.9. The van der Waals surface area contributed by atoms with Crippen LogP contribution >= 0.6 is 0 Å². The molecule has 4 nitrogen and oxygen atoms in total. The molecule has 0 bridgehead atoms. The van der Waals surface area contributed by atoms with Crippen molar-refractivity contribution in [2.75, 3.05) is 44.2 Å². The van der Waals surface area contributed by atoms with Gasteiger partial charge in [0.25, 0.3) is 0 Å². The highest BCUT2D eigenvalue weighted by Crippen LogP contribution is 2.29. The molecule has 0 radical (unpaired) electrons. The van der Waals surface area contributed by atoms with Gasteiger partial charge in [0, 0.05) is 32.7 Å². The Morgan fingerprint density at radius 3 is 2.68 bits per heavy atom. The second-order valence-corrected chi connectivity index (χ2v) is 5.29. The lowest BCUT2D eigenvalue weighted by Gasteiger charge is -2.32. The minimum atomic E-state index is 0.317. The third-order valence-corrected chi connectivity index (χ3v) is 3.87. The van der Waals surface area contributed by atoms with E-state index in [0.717, 1.165) is 51.4 Å². The summed E-state index contributed by atoms with van der Waals surface area (Å²) in [5.41, 5.74) is 1.24. The standard InChI is InChI=1S/C15H23N3O/c1-2-6-15(19-13-4-3-7-17-12-13)14(5-1)18-10-8-16-9-11-18/h1-2,5-6,13,16-17H,3-4,7-12H2/t13-/m1/s1. The average molecular weight is 261 g/mol. The van der Waals surface area contributed by atoms with E-state index >= 15 is 0 Å². The molecule has 2 aliphatic rings. The summed E-state index contributed by atoms with van der Waals surface area (Å²) in [4.78, 5) is 2.42. The summed E-state index contributed by atoms with van der Waals surface area (Å²) < 4.78 is 6.22. The van der Waals surface area contributed by atoms with E-state index in [-0.39, 0.29) is 0 Å². The molecule has 1 aromatic carbocycles. The number of benzene rings is 1. The number of rotatable bonds is 3. The van der Waals surface area contributed by atoms with Crippen LogP contribution in [0.3, 0.4) is 0 Å². The molecule has 0 aliphatic carbocycles. The van der Waals surface area contributed by atoms with Gasteiger partial charge >= 0.3 is 0 Å². The van der Waals surface area contributed by atoms with Crippen LogP contribution in [0.4, 0.5) is 5.69 Å². The minimum absolute atomic E-state index is 0.317. The maximum atomic E-state index is 6.22. The largest absolute Gasteiger partial charge is 0.487 e. The lowest BCUT2D eigenvalue weighted by molar-refractivity contribution is 0.167. The van der Waals surface area contributed by atoms with Crippen molar-refractivity contribution in [3.63, 3.8) is 0 Å². The summed E-state index contributed by atoms with van der Waals surface area (Å²) in [6.07, 6.45) is 2.68. The van der Waals surface area contributed by atoms with Gasteiger partial charge in [-0.3, -0.25) is 0 Å². The predicted molar refractivity (Wildman–Crippen MR) is 78.0 cm³/mol.